The van der Waals surface area contributed by atoms with Gasteiger partial charge in [-0.3, -0.25) is 9.71 Å². The number of anilines is 2. The van der Waals surface area contributed by atoms with Gasteiger partial charge in [0.2, 0.25) is 0 Å². The van der Waals surface area contributed by atoms with Gasteiger partial charge in [-0.15, -0.1) is 0 Å². The van der Waals surface area contributed by atoms with E-state index >= 15 is 0 Å². The molecule has 0 aliphatic rings. The first-order valence-corrected chi connectivity index (χ1v) is 8.25. The van der Waals surface area contributed by atoms with Crippen LogP contribution in [0.5, 0.6) is 0 Å². The van der Waals surface area contributed by atoms with Crippen molar-refractivity contribution in [2.75, 3.05) is 10.1 Å². The first kappa shape index (κ1) is 15.2. The van der Waals surface area contributed by atoms with Gasteiger partial charge in [-0.05, 0) is 44.0 Å². The number of sulfonamides is 1. The van der Waals surface area contributed by atoms with E-state index in [4.69, 9.17) is 5.84 Å². The van der Waals surface area contributed by atoms with Crippen LogP contribution in [-0.4, -0.2) is 18.4 Å². The zero-order valence-corrected chi connectivity index (χ0v) is 13.8. The molecule has 20 heavy (non-hydrogen) atoms. The number of hydrogen-bond acceptors (Lipinski definition) is 6. The third kappa shape index (κ3) is 3.45. The molecule has 0 spiro atoms. The molecule has 2 rings (SSSR count). The monoisotopic (exact) mass is 421 g/mol. The summed E-state index contributed by atoms with van der Waals surface area (Å²) in [4.78, 5) is 7.70. The van der Waals surface area contributed by atoms with Crippen LogP contribution in [-0.2, 0) is 10.0 Å². The number of hydrogen-bond donors (Lipinski definition) is 3. The Morgan fingerprint density at radius 2 is 1.80 bits per heavy atom. The number of hydrazine groups is 1. The number of nitrogens with zero attached hydrogens (tertiary/aromatic N) is 2. The number of aromatic nitrogens is 2. The van der Waals surface area contributed by atoms with E-state index in [2.05, 4.69) is 52.0 Å². The van der Waals surface area contributed by atoms with Gasteiger partial charge in [-0.1, -0.05) is 0 Å². The van der Waals surface area contributed by atoms with Crippen molar-refractivity contribution in [3.8, 4) is 0 Å². The van der Waals surface area contributed by atoms with Gasteiger partial charge in [0.05, 0.1) is 11.9 Å². The molecular formula is C10H9Br2N5O2S. The van der Waals surface area contributed by atoms with Crippen LogP contribution in [0, 0.1) is 0 Å². The summed E-state index contributed by atoms with van der Waals surface area (Å²) in [6.45, 7) is 0. The minimum atomic E-state index is -3.84. The Bertz CT molecular complexity index is 738. The molecule has 0 saturated heterocycles. The summed E-state index contributed by atoms with van der Waals surface area (Å²) in [6, 6.07) is 2.99. The summed E-state index contributed by atoms with van der Waals surface area (Å²) in [5, 5.41) is 0. The van der Waals surface area contributed by atoms with Gasteiger partial charge in [0.15, 0.2) is 5.82 Å². The molecule has 0 aliphatic carbocycles. The van der Waals surface area contributed by atoms with Gasteiger partial charge >= 0.3 is 0 Å². The highest BCUT2D eigenvalue weighted by atomic mass is 79.9. The van der Waals surface area contributed by atoms with Crippen LogP contribution in [0.15, 0.2) is 44.6 Å². The zero-order valence-electron chi connectivity index (χ0n) is 9.84. The van der Waals surface area contributed by atoms with Crippen molar-refractivity contribution in [2.45, 2.75) is 4.90 Å². The molecule has 10 heteroatoms. The second kappa shape index (κ2) is 6.04. The maximum absolute atomic E-state index is 12.3. The van der Waals surface area contributed by atoms with Gasteiger partial charge in [-0.2, -0.15) is 0 Å². The summed E-state index contributed by atoms with van der Waals surface area (Å²) >= 11 is 6.39. The molecule has 0 atom stereocenters. The van der Waals surface area contributed by atoms with Crippen molar-refractivity contribution in [3.63, 3.8) is 0 Å². The summed E-state index contributed by atoms with van der Waals surface area (Å²) < 4.78 is 28.2. The van der Waals surface area contributed by atoms with Gasteiger partial charge in [-0.25, -0.2) is 19.2 Å². The van der Waals surface area contributed by atoms with E-state index in [0.717, 1.165) is 0 Å². The molecule has 0 fully saturated rings. The summed E-state index contributed by atoms with van der Waals surface area (Å²) in [5.41, 5.74) is 2.57. The minimum Gasteiger partial charge on any atom is -0.307 e. The van der Waals surface area contributed by atoms with E-state index in [1.54, 1.807) is 12.3 Å². The van der Waals surface area contributed by atoms with Crippen LogP contribution in [0.1, 0.15) is 0 Å². The Balaban J connectivity index is 2.43. The molecule has 0 bridgehead atoms. The Kier molecular flexibility index (Phi) is 4.58. The van der Waals surface area contributed by atoms with E-state index in [9.17, 15) is 8.42 Å². The Labute approximate surface area is 132 Å². The van der Waals surface area contributed by atoms with E-state index < -0.39 is 10.0 Å². The molecule has 2 aromatic heterocycles. The number of nitrogens with one attached hydrogen (secondary N) is 2. The van der Waals surface area contributed by atoms with Gasteiger partial charge < -0.3 is 5.43 Å². The van der Waals surface area contributed by atoms with Crippen LogP contribution < -0.4 is 16.0 Å². The molecule has 0 aliphatic heterocycles. The number of nitrogens with two attached hydrogens (primary N) is 1. The molecule has 2 aromatic rings. The predicted octanol–water partition coefficient (Wildman–Crippen LogP) is 2.09. The highest BCUT2D eigenvalue weighted by Gasteiger charge is 2.20. The zero-order chi connectivity index (χ0) is 14.8. The highest BCUT2D eigenvalue weighted by Crippen LogP contribution is 2.25. The average molecular weight is 423 g/mol. The van der Waals surface area contributed by atoms with Crippen molar-refractivity contribution in [1.82, 2.24) is 9.97 Å². The van der Waals surface area contributed by atoms with Crippen LogP contribution >= 0.6 is 31.9 Å². The topological polar surface area (TPSA) is 110 Å². The van der Waals surface area contributed by atoms with E-state index in [1.807, 2.05) is 0 Å². The van der Waals surface area contributed by atoms with Crippen molar-refractivity contribution < 1.29 is 8.42 Å². The van der Waals surface area contributed by atoms with Crippen molar-refractivity contribution in [2.24, 2.45) is 5.84 Å². The Morgan fingerprint density at radius 1 is 1.10 bits per heavy atom. The van der Waals surface area contributed by atoms with Gasteiger partial charge in [0, 0.05) is 21.3 Å². The molecule has 2 heterocycles. The SMILES string of the molecule is NNc1ncc(Br)cc1S(=O)(=O)Nc1cncc(Br)c1. The minimum absolute atomic E-state index is 0.0451. The standard InChI is InChI=1S/C10H9Br2N5O2S/c11-6-1-8(5-14-3-6)17-20(18,19)9-2-7(12)4-15-10(9)16-13/h1-5,17H,13H2,(H,15,16). The lowest BCUT2D eigenvalue weighted by atomic mass is 10.4. The third-order valence-corrected chi connectivity index (χ3v) is 4.46. The third-order valence-electron chi connectivity index (χ3n) is 2.20. The lowest BCUT2D eigenvalue weighted by molar-refractivity contribution is 0.601. The molecule has 7 nitrogen and oxygen atoms in total. The Hall–Kier alpha value is -1.23. The molecule has 0 unspecified atom stereocenters. The molecular weight excluding hydrogens is 414 g/mol. The lowest BCUT2D eigenvalue weighted by Crippen LogP contribution is -2.18. The van der Waals surface area contributed by atoms with Crippen molar-refractivity contribution >= 4 is 53.4 Å². The van der Waals surface area contributed by atoms with E-state index in [-0.39, 0.29) is 10.7 Å². The summed E-state index contributed by atoms with van der Waals surface area (Å²) in [6.07, 6.45) is 4.38. The highest BCUT2D eigenvalue weighted by molar-refractivity contribution is 9.10. The average Bonchev–Trinajstić information content (AvgIpc) is 2.38. The molecule has 106 valence electrons. The maximum Gasteiger partial charge on any atom is 0.265 e. The second-order valence-electron chi connectivity index (χ2n) is 3.64. The smallest absolute Gasteiger partial charge is 0.265 e. The number of halogens is 2. The molecule has 4 N–H and O–H groups in total. The fourth-order valence-electron chi connectivity index (χ4n) is 1.41. The van der Waals surface area contributed by atoms with E-state index in [1.165, 1.54) is 18.5 Å². The van der Waals surface area contributed by atoms with Crippen molar-refractivity contribution in [3.05, 3.63) is 39.7 Å². The van der Waals surface area contributed by atoms with Crippen LogP contribution in [0.25, 0.3) is 0 Å². The van der Waals surface area contributed by atoms with Crippen LogP contribution in [0.2, 0.25) is 0 Å². The number of pyridine rings is 2. The van der Waals surface area contributed by atoms with Crippen LogP contribution in [0.4, 0.5) is 11.5 Å². The fourth-order valence-corrected chi connectivity index (χ4v) is 3.44. The number of nitrogen functional groups attached to an aromatic ring is 1. The normalized spacial score (nSPS) is 11.2. The van der Waals surface area contributed by atoms with Gasteiger partial charge in [0.1, 0.15) is 4.90 Å². The van der Waals surface area contributed by atoms with E-state index in [0.29, 0.717) is 14.6 Å². The molecule has 0 saturated carbocycles. The lowest BCUT2D eigenvalue weighted by Gasteiger charge is -2.11. The number of rotatable bonds is 4. The first-order chi connectivity index (χ1) is 9.42. The fraction of sp³-hybridized carbons (Fsp3) is 0. The molecule has 0 aromatic carbocycles. The second-order valence-corrected chi connectivity index (χ2v) is 7.12. The first-order valence-electron chi connectivity index (χ1n) is 5.18. The van der Waals surface area contributed by atoms with Crippen LogP contribution in [0.3, 0.4) is 0 Å². The largest absolute Gasteiger partial charge is 0.307 e. The maximum atomic E-state index is 12.3. The predicted molar refractivity (Wildman–Crippen MR) is 82.5 cm³/mol. The summed E-state index contributed by atoms with van der Waals surface area (Å²) in [7, 11) is -3.84. The molecule has 0 radical (unpaired) electrons. The quantitative estimate of drug-likeness (QED) is 0.514. The summed E-state index contributed by atoms with van der Waals surface area (Å²) in [5.74, 6) is 5.32. The Morgan fingerprint density at radius 3 is 2.45 bits per heavy atom. The van der Waals surface area contributed by atoms with Crippen molar-refractivity contribution in [1.29, 1.82) is 0 Å². The van der Waals surface area contributed by atoms with Gasteiger partial charge in [0.25, 0.3) is 10.0 Å². The molecule has 0 amide bonds.